The number of benzene rings is 1. The summed E-state index contributed by atoms with van der Waals surface area (Å²) >= 11 is 1.49. The smallest absolute Gasteiger partial charge is 0.327 e. The minimum atomic E-state index is -0.956. The number of rotatable bonds is 9. The summed E-state index contributed by atoms with van der Waals surface area (Å²) in [5.74, 6) is 1.25. The van der Waals surface area contributed by atoms with Crippen molar-refractivity contribution in [2.75, 3.05) is 24.4 Å². The number of carbonyl (C=O) groups excluding carboxylic acids is 1. The first-order valence-electron chi connectivity index (χ1n) is 8.15. The van der Waals surface area contributed by atoms with Gasteiger partial charge in [0, 0.05) is 23.2 Å². The molecule has 5 nitrogen and oxygen atoms in total. The second-order valence-corrected chi connectivity index (χ2v) is 9.48. The van der Waals surface area contributed by atoms with Crippen LogP contribution < -0.4 is 4.74 Å². The van der Waals surface area contributed by atoms with E-state index in [1.54, 1.807) is 28.7 Å². The number of aliphatic carboxylic acids is 1. The van der Waals surface area contributed by atoms with Gasteiger partial charge in [-0.1, -0.05) is 46.7 Å². The van der Waals surface area contributed by atoms with Gasteiger partial charge in [-0.3, -0.25) is 4.79 Å². The molecule has 0 radical (unpaired) electrons. The molecule has 1 fully saturated rings. The van der Waals surface area contributed by atoms with E-state index in [0.29, 0.717) is 11.5 Å². The van der Waals surface area contributed by atoms with Crippen molar-refractivity contribution in [1.29, 1.82) is 0 Å². The molecule has 1 amide bonds. The lowest BCUT2D eigenvalue weighted by atomic mass is 10.1. The van der Waals surface area contributed by atoms with Gasteiger partial charge in [0.05, 0.1) is 7.11 Å². The molecule has 0 spiro atoms. The molecule has 26 heavy (non-hydrogen) atoms. The van der Waals surface area contributed by atoms with Crippen LogP contribution in [0.2, 0.25) is 0 Å². The first kappa shape index (κ1) is 21.1. The first-order valence-corrected chi connectivity index (χ1v) is 11.7. The third-order valence-electron chi connectivity index (χ3n) is 3.95. The Balaban J connectivity index is 2.15. The van der Waals surface area contributed by atoms with E-state index in [2.05, 4.69) is 6.58 Å². The highest BCUT2D eigenvalue weighted by Gasteiger charge is 2.43. The molecular formula is C18H23NO4S3. The SMILES string of the molecule is C=CCSSC[C@@H](C)C(=O)N1C(c2ccc(OC)cc2)SC[C@H]1C(=O)O. The molecule has 1 aliphatic rings. The molecule has 1 aromatic carbocycles. The van der Waals surface area contributed by atoms with E-state index in [-0.39, 0.29) is 17.2 Å². The van der Waals surface area contributed by atoms with Gasteiger partial charge in [-0.25, -0.2) is 4.79 Å². The highest BCUT2D eigenvalue weighted by atomic mass is 33.1. The summed E-state index contributed by atoms with van der Waals surface area (Å²) in [6, 6.07) is 6.64. The third-order valence-corrected chi connectivity index (χ3v) is 7.76. The van der Waals surface area contributed by atoms with Gasteiger partial charge in [0.25, 0.3) is 0 Å². The van der Waals surface area contributed by atoms with Gasteiger partial charge in [0.2, 0.25) is 5.91 Å². The molecule has 0 bridgehead atoms. The minimum absolute atomic E-state index is 0.116. The predicted octanol–water partition coefficient (Wildman–Crippen LogP) is 3.93. The van der Waals surface area contributed by atoms with Crippen molar-refractivity contribution < 1.29 is 19.4 Å². The zero-order valence-electron chi connectivity index (χ0n) is 14.8. The van der Waals surface area contributed by atoms with E-state index >= 15 is 0 Å². The van der Waals surface area contributed by atoms with Gasteiger partial charge in [0.15, 0.2) is 0 Å². The van der Waals surface area contributed by atoms with Gasteiger partial charge >= 0.3 is 5.97 Å². The second-order valence-electron chi connectivity index (χ2n) is 5.82. The number of methoxy groups -OCH3 is 1. The van der Waals surface area contributed by atoms with Gasteiger partial charge < -0.3 is 14.7 Å². The first-order chi connectivity index (χ1) is 12.5. The fourth-order valence-electron chi connectivity index (χ4n) is 2.56. The fraction of sp³-hybridized carbons (Fsp3) is 0.444. The molecule has 2 rings (SSSR count). The van der Waals surface area contributed by atoms with Gasteiger partial charge in [-0.15, -0.1) is 18.3 Å². The number of ether oxygens (including phenoxy) is 1. The van der Waals surface area contributed by atoms with Crippen LogP contribution in [-0.2, 0) is 9.59 Å². The summed E-state index contributed by atoms with van der Waals surface area (Å²) in [5.41, 5.74) is 0.911. The standard InChI is InChI=1S/C18H23NO4S3/c1-4-9-25-26-10-12(2)16(20)19-15(18(21)22)11-24-17(19)13-5-7-14(23-3)8-6-13/h4-8,12,15,17H,1,9-11H2,2-3H3,(H,21,22)/t12-,15+,17?/m1/s1. The Morgan fingerprint density at radius 3 is 2.69 bits per heavy atom. The number of carbonyl (C=O) groups is 2. The number of carboxylic acids is 1. The largest absolute Gasteiger partial charge is 0.497 e. The Bertz CT molecular complexity index is 638. The van der Waals surface area contributed by atoms with Crippen LogP contribution in [0.5, 0.6) is 5.75 Å². The lowest BCUT2D eigenvalue weighted by molar-refractivity contribution is -0.150. The summed E-state index contributed by atoms with van der Waals surface area (Å²) in [6.07, 6.45) is 1.82. The molecule has 0 aromatic heterocycles. The Kier molecular flexibility index (Phi) is 8.24. The lowest BCUT2D eigenvalue weighted by Crippen LogP contribution is -2.45. The number of thioether (sulfide) groups is 1. The molecular weight excluding hydrogens is 390 g/mol. The molecule has 0 saturated carbocycles. The molecule has 0 aliphatic carbocycles. The molecule has 142 valence electrons. The van der Waals surface area contributed by atoms with Gasteiger partial charge in [-0.05, 0) is 17.7 Å². The summed E-state index contributed by atoms with van der Waals surface area (Å²) in [7, 11) is 4.85. The van der Waals surface area contributed by atoms with Crippen LogP contribution >= 0.6 is 33.3 Å². The highest BCUT2D eigenvalue weighted by molar-refractivity contribution is 8.76. The third kappa shape index (κ3) is 5.14. The van der Waals surface area contributed by atoms with Crippen LogP contribution in [0.3, 0.4) is 0 Å². The molecule has 1 aromatic rings. The van der Waals surface area contributed by atoms with Crippen LogP contribution in [0.4, 0.5) is 0 Å². The molecule has 1 unspecified atom stereocenters. The molecule has 1 N–H and O–H groups in total. The van der Waals surface area contributed by atoms with E-state index in [0.717, 1.165) is 17.1 Å². The van der Waals surface area contributed by atoms with Crippen LogP contribution in [0.15, 0.2) is 36.9 Å². The predicted molar refractivity (Wildman–Crippen MR) is 111 cm³/mol. The van der Waals surface area contributed by atoms with E-state index in [4.69, 9.17) is 4.74 Å². The molecule has 8 heteroatoms. The Labute approximate surface area is 166 Å². The Morgan fingerprint density at radius 2 is 2.12 bits per heavy atom. The lowest BCUT2D eigenvalue weighted by Gasteiger charge is -2.30. The van der Waals surface area contributed by atoms with Crippen molar-refractivity contribution in [3.05, 3.63) is 42.5 Å². The Hall–Kier alpha value is -1.25. The van der Waals surface area contributed by atoms with Crippen molar-refractivity contribution in [1.82, 2.24) is 4.90 Å². The van der Waals surface area contributed by atoms with E-state index in [9.17, 15) is 14.7 Å². The summed E-state index contributed by atoms with van der Waals surface area (Å²) in [5, 5.41) is 9.27. The van der Waals surface area contributed by atoms with Crippen LogP contribution in [0.1, 0.15) is 17.9 Å². The zero-order chi connectivity index (χ0) is 19.1. The second kappa shape index (κ2) is 10.2. The number of amides is 1. The maximum Gasteiger partial charge on any atom is 0.327 e. The summed E-state index contributed by atoms with van der Waals surface area (Å²) < 4.78 is 5.17. The van der Waals surface area contributed by atoms with Gasteiger partial charge in [0.1, 0.15) is 17.2 Å². The van der Waals surface area contributed by atoms with Crippen LogP contribution in [0.25, 0.3) is 0 Å². The molecule has 1 aliphatic heterocycles. The zero-order valence-corrected chi connectivity index (χ0v) is 17.2. The van der Waals surface area contributed by atoms with Crippen molar-refractivity contribution in [3.63, 3.8) is 0 Å². The molecule has 3 atom stereocenters. The van der Waals surface area contributed by atoms with Crippen LogP contribution in [-0.4, -0.2) is 52.3 Å². The summed E-state index contributed by atoms with van der Waals surface area (Å²) in [6.45, 7) is 5.53. The number of carboxylic acid groups (broad SMARTS) is 1. The maximum absolute atomic E-state index is 13.0. The van der Waals surface area contributed by atoms with E-state index < -0.39 is 12.0 Å². The molecule has 1 saturated heterocycles. The quantitative estimate of drug-likeness (QED) is 0.374. The number of nitrogens with zero attached hydrogens (tertiary/aromatic N) is 1. The van der Waals surface area contributed by atoms with E-state index in [1.165, 1.54) is 16.7 Å². The van der Waals surface area contributed by atoms with Crippen molar-refractivity contribution in [2.24, 2.45) is 5.92 Å². The highest BCUT2D eigenvalue weighted by Crippen LogP contribution is 2.43. The number of hydrogen-bond donors (Lipinski definition) is 1. The van der Waals surface area contributed by atoms with Gasteiger partial charge in [-0.2, -0.15) is 0 Å². The normalized spacial score (nSPS) is 20.6. The minimum Gasteiger partial charge on any atom is -0.497 e. The fourth-order valence-corrected chi connectivity index (χ4v) is 6.11. The average Bonchev–Trinajstić information content (AvgIpc) is 3.09. The van der Waals surface area contributed by atoms with E-state index in [1.807, 2.05) is 37.3 Å². The number of hydrogen-bond acceptors (Lipinski definition) is 6. The van der Waals surface area contributed by atoms with Crippen molar-refractivity contribution in [3.8, 4) is 5.75 Å². The van der Waals surface area contributed by atoms with Crippen LogP contribution in [0, 0.1) is 5.92 Å². The molecule has 1 heterocycles. The summed E-state index contributed by atoms with van der Waals surface area (Å²) in [4.78, 5) is 26.2. The topological polar surface area (TPSA) is 66.8 Å². The average molecular weight is 414 g/mol. The maximum atomic E-state index is 13.0. The Morgan fingerprint density at radius 1 is 1.42 bits per heavy atom. The van der Waals surface area contributed by atoms with Crippen molar-refractivity contribution >= 4 is 45.2 Å². The van der Waals surface area contributed by atoms with Crippen molar-refractivity contribution in [2.45, 2.75) is 18.3 Å². The monoisotopic (exact) mass is 413 g/mol.